The minimum Gasteiger partial charge on any atom is -0.466 e. The van der Waals surface area contributed by atoms with E-state index in [9.17, 15) is 35.1 Å². The highest BCUT2D eigenvalue weighted by molar-refractivity contribution is 5.76. The predicted molar refractivity (Wildman–Crippen MR) is 398 cm³/mol. The summed E-state index contributed by atoms with van der Waals surface area (Å²) in [6, 6.07) is -0.826. The third kappa shape index (κ3) is 59.7. The summed E-state index contributed by atoms with van der Waals surface area (Å²) in [5.74, 6) is -0.170. The fourth-order valence-electron chi connectivity index (χ4n) is 13.0. The molecule has 1 amide bonds. The Morgan fingerprint density at radius 3 is 1.12 bits per heavy atom. The molecule has 0 saturated carbocycles. The van der Waals surface area contributed by atoms with Crippen LogP contribution in [0.2, 0.25) is 0 Å². The second-order valence-corrected chi connectivity index (χ2v) is 28.5. The van der Waals surface area contributed by atoms with Crippen LogP contribution in [0.5, 0.6) is 0 Å². The minimum atomic E-state index is -1.58. The highest BCUT2D eigenvalue weighted by Crippen LogP contribution is 2.24. The molecule has 0 aromatic carbocycles. The molecule has 0 radical (unpaired) electrons. The summed E-state index contributed by atoms with van der Waals surface area (Å²) in [6.45, 7) is 4.37. The third-order valence-corrected chi connectivity index (χ3v) is 19.4. The van der Waals surface area contributed by atoms with Crippen molar-refractivity contribution < 1.29 is 49.3 Å². The Hall–Kier alpha value is -2.38. The Bertz CT molecular complexity index is 1700. The third-order valence-electron chi connectivity index (χ3n) is 19.4. The topological polar surface area (TPSA) is 175 Å². The summed E-state index contributed by atoms with van der Waals surface area (Å²) in [5.41, 5.74) is 0. The number of allylic oxidation sites excluding steroid dienone is 7. The number of esters is 1. The lowest BCUT2D eigenvalue weighted by Gasteiger charge is -2.40. The predicted octanol–water partition coefficient (Wildman–Crippen LogP) is 22.3. The lowest BCUT2D eigenvalue weighted by Crippen LogP contribution is -2.60. The molecule has 94 heavy (non-hydrogen) atoms. The summed E-state index contributed by atoms with van der Waals surface area (Å²) < 4.78 is 16.8. The largest absolute Gasteiger partial charge is 0.466 e. The number of hydrogen-bond donors (Lipinski definition) is 6. The summed E-state index contributed by atoms with van der Waals surface area (Å²) in [6.07, 6.45) is 85.8. The average Bonchev–Trinajstić information content (AvgIpc) is 0.844. The molecule has 1 rings (SSSR count). The molecule has 11 heteroatoms. The van der Waals surface area contributed by atoms with Crippen LogP contribution in [-0.4, -0.2) is 100 Å². The molecule has 1 fully saturated rings. The van der Waals surface area contributed by atoms with Crippen LogP contribution >= 0.6 is 0 Å². The Kier molecular flexibility index (Phi) is 68.5. The fraction of sp³-hybridized carbons (Fsp3) is 0.880. The van der Waals surface area contributed by atoms with Gasteiger partial charge >= 0.3 is 5.97 Å². The zero-order chi connectivity index (χ0) is 67.9. The van der Waals surface area contributed by atoms with Gasteiger partial charge in [0, 0.05) is 12.8 Å². The van der Waals surface area contributed by atoms with Crippen LogP contribution in [0.3, 0.4) is 0 Å². The van der Waals surface area contributed by atoms with Gasteiger partial charge in [0.1, 0.15) is 24.4 Å². The van der Waals surface area contributed by atoms with Gasteiger partial charge in [0.05, 0.1) is 32.0 Å². The van der Waals surface area contributed by atoms with Crippen LogP contribution in [0, 0.1) is 0 Å². The molecule has 0 spiro atoms. The first-order chi connectivity index (χ1) is 46.2. The highest BCUT2D eigenvalue weighted by atomic mass is 16.7. The number of unbranched alkanes of at least 4 members (excludes halogenated alkanes) is 53. The lowest BCUT2D eigenvalue weighted by atomic mass is 9.99. The molecule has 0 aliphatic carbocycles. The Labute approximate surface area is 580 Å². The summed E-state index contributed by atoms with van der Waals surface area (Å²) in [5, 5.41) is 54.5. The summed E-state index contributed by atoms with van der Waals surface area (Å²) in [7, 11) is 0. The monoisotopic (exact) mass is 1330 g/mol. The second-order valence-electron chi connectivity index (χ2n) is 28.5. The number of ether oxygens (including phenoxy) is 3. The van der Waals surface area contributed by atoms with Gasteiger partial charge in [0.2, 0.25) is 5.91 Å². The summed E-state index contributed by atoms with van der Waals surface area (Å²) in [4.78, 5) is 25.2. The molecule has 7 unspecified atom stereocenters. The molecule has 0 aromatic rings. The van der Waals surface area contributed by atoms with Crippen LogP contribution in [0.4, 0.5) is 0 Å². The standard InChI is InChI=1S/C83H155NO10/c1-3-5-7-9-11-13-15-17-47-51-55-59-63-67-71-79(88)92-72-68-64-60-56-52-48-44-42-40-38-36-34-32-30-28-26-24-22-20-18-19-21-23-25-27-29-31-33-35-37-39-41-43-46-50-54-58-62-66-70-78(87)84-75(74-93-83-82(91)81(90)80(89)77(73-85)94-83)76(86)69-65-61-57-53-49-45-16-14-12-10-8-6-4-2/h18-19,22,24,49,53,65,69,75-77,80-83,85-86,89-91H,3-17,20-21,23,25-48,50-52,54-64,66-68,70-74H2,1-2H3,(H,84,87)/b19-18-,24-22-,53-49+,69-65+. The molecule has 11 nitrogen and oxygen atoms in total. The van der Waals surface area contributed by atoms with Crippen molar-refractivity contribution in [3.05, 3.63) is 48.6 Å². The number of hydrogen-bond acceptors (Lipinski definition) is 10. The first-order valence-electron chi connectivity index (χ1n) is 40.9. The maximum absolute atomic E-state index is 13.1. The zero-order valence-corrected chi connectivity index (χ0v) is 61.7. The van der Waals surface area contributed by atoms with Gasteiger partial charge in [-0.05, 0) is 77.0 Å². The van der Waals surface area contributed by atoms with Gasteiger partial charge in [0.25, 0.3) is 0 Å². The second kappa shape index (κ2) is 71.9. The van der Waals surface area contributed by atoms with Crippen molar-refractivity contribution in [1.82, 2.24) is 5.32 Å². The molecule has 552 valence electrons. The first kappa shape index (κ1) is 89.6. The Morgan fingerprint density at radius 2 is 0.723 bits per heavy atom. The smallest absolute Gasteiger partial charge is 0.305 e. The quantitative estimate of drug-likeness (QED) is 0.0195. The van der Waals surface area contributed by atoms with Crippen LogP contribution in [0.25, 0.3) is 0 Å². The highest BCUT2D eigenvalue weighted by Gasteiger charge is 2.44. The van der Waals surface area contributed by atoms with Gasteiger partial charge in [0.15, 0.2) is 6.29 Å². The van der Waals surface area contributed by atoms with E-state index in [-0.39, 0.29) is 18.5 Å². The molecule has 7 atom stereocenters. The van der Waals surface area contributed by atoms with Gasteiger partial charge in [-0.15, -0.1) is 0 Å². The number of rotatable bonds is 73. The van der Waals surface area contributed by atoms with Crippen molar-refractivity contribution in [3.8, 4) is 0 Å². The average molecular weight is 1330 g/mol. The van der Waals surface area contributed by atoms with Crippen LogP contribution in [0.15, 0.2) is 48.6 Å². The first-order valence-corrected chi connectivity index (χ1v) is 40.9. The van der Waals surface area contributed by atoms with E-state index in [2.05, 4.69) is 55.6 Å². The molecule has 1 aliphatic rings. The number of carbonyl (C=O) groups excluding carboxylic acids is 2. The van der Waals surface area contributed by atoms with Gasteiger partial charge in [-0.3, -0.25) is 9.59 Å². The van der Waals surface area contributed by atoms with Crippen molar-refractivity contribution in [2.24, 2.45) is 0 Å². The normalized spacial score (nSPS) is 17.6. The van der Waals surface area contributed by atoms with E-state index in [1.54, 1.807) is 6.08 Å². The van der Waals surface area contributed by atoms with Crippen molar-refractivity contribution >= 4 is 11.9 Å². The number of nitrogens with one attached hydrogen (secondary N) is 1. The van der Waals surface area contributed by atoms with Gasteiger partial charge in [-0.25, -0.2) is 0 Å². The minimum absolute atomic E-state index is 0.0172. The maximum Gasteiger partial charge on any atom is 0.305 e. The van der Waals surface area contributed by atoms with Gasteiger partial charge < -0.3 is 45.1 Å². The molecule has 1 heterocycles. The maximum atomic E-state index is 13.1. The number of amides is 1. The van der Waals surface area contributed by atoms with E-state index in [0.717, 1.165) is 57.8 Å². The molecular weight excluding hydrogens is 1170 g/mol. The molecule has 0 aromatic heterocycles. The number of aliphatic hydroxyl groups excluding tert-OH is 5. The van der Waals surface area contributed by atoms with Crippen molar-refractivity contribution in [3.63, 3.8) is 0 Å². The van der Waals surface area contributed by atoms with Gasteiger partial charge in [-0.1, -0.05) is 364 Å². The lowest BCUT2D eigenvalue weighted by molar-refractivity contribution is -0.302. The summed E-state index contributed by atoms with van der Waals surface area (Å²) >= 11 is 0. The molecule has 0 bridgehead atoms. The molecule has 6 N–H and O–H groups in total. The fourth-order valence-corrected chi connectivity index (χ4v) is 13.0. The number of aliphatic hydroxyl groups is 5. The molecule has 1 saturated heterocycles. The van der Waals surface area contributed by atoms with Crippen molar-refractivity contribution in [2.45, 2.75) is 448 Å². The Balaban J connectivity index is 1.90. The molecular formula is C83H155NO10. The van der Waals surface area contributed by atoms with E-state index in [4.69, 9.17) is 14.2 Å². The van der Waals surface area contributed by atoms with E-state index >= 15 is 0 Å². The van der Waals surface area contributed by atoms with Crippen LogP contribution < -0.4 is 5.32 Å². The van der Waals surface area contributed by atoms with Gasteiger partial charge in [-0.2, -0.15) is 0 Å². The van der Waals surface area contributed by atoms with E-state index in [0.29, 0.717) is 19.4 Å². The Morgan fingerprint density at radius 1 is 0.394 bits per heavy atom. The van der Waals surface area contributed by atoms with Crippen molar-refractivity contribution in [1.29, 1.82) is 0 Å². The zero-order valence-electron chi connectivity index (χ0n) is 61.7. The van der Waals surface area contributed by atoms with Crippen molar-refractivity contribution in [2.75, 3.05) is 19.8 Å². The SMILES string of the molecule is CCCCCCCCC/C=C/CC/C=C/C(O)C(COC1OC(CO)C(O)C(O)C1O)NC(=O)CCCCCCCCCCCCCCCCCCC/C=C\C/C=C\CCCCCCCCCCCCCCCCCOC(=O)CCCCCCCCCCCCCCCC. The van der Waals surface area contributed by atoms with E-state index in [1.165, 1.54) is 321 Å². The van der Waals surface area contributed by atoms with Crippen LogP contribution in [0.1, 0.15) is 406 Å². The van der Waals surface area contributed by atoms with E-state index < -0.39 is 49.5 Å². The van der Waals surface area contributed by atoms with Crippen LogP contribution in [-0.2, 0) is 23.8 Å². The number of carbonyl (C=O) groups is 2. The molecule has 1 aliphatic heterocycles. The van der Waals surface area contributed by atoms with E-state index in [1.807, 2.05) is 6.08 Å².